The summed E-state index contributed by atoms with van der Waals surface area (Å²) < 4.78 is 35.2. The number of nitrogens with zero attached hydrogens (tertiary/aromatic N) is 7. The number of rotatable bonds is 9. The second kappa shape index (κ2) is 12.9. The van der Waals surface area contributed by atoms with Crippen LogP contribution in [0, 0.1) is 5.92 Å². The van der Waals surface area contributed by atoms with Crippen molar-refractivity contribution in [2.24, 2.45) is 11.7 Å². The Bertz CT molecular complexity index is 1630. The lowest BCUT2D eigenvalue weighted by molar-refractivity contribution is -0.130. The molecule has 2 amide bonds. The second-order valence-corrected chi connectivity index (χ2v) is 10.9. The van der Waals surface area contributed by atoms with E-state index < -0.39 is 30.1 Å². The molecule has 2 saturated heterocycles. The summed E-state index contributed by atoms with van der Waals surface area (Å²) in [6.07, 6.45) is -1.34. The Hall–Kier alpha value is -4.72. The van der Waals surface area contributed by atoms with Gasteiger partial charge in [0.2, 0.25) is 29.7 Å². The number of imidazole rings is 1. The number of alkyl halides is 2. The van der Waals surface area contributed by atoms with Crippen molar-refractivity contribution in [1.82, 2.24) is 29.8 Å². The first-order valence-corrected chi connectivity index (χ1v) is 14.6. The number of primary amides is 1. The van der Waals surface area contributed by atoms with Crippen LogP contribution in [0.15, 0.2) is 54.6 Å². The molecule has 230 valence electrons. The molecule has 0 unspecified atom stereocenters. The van der Waals surface area contributed by atoms with Crippen molar-refractivity contribution in [3.8, 4) is 5.95 Å². The number of carbonyl (C=O) groups excluding carboxylic acids is 2. The van der Waals surface area contributed by atoms with E-state index in [2.05, 4.69) is 20.3 Å². The van der Waals surface area contributed by atoms with E-state index in [1.807, 2.05) is 40.1 Å². The first-order chi connectivity index (χ1) is 21.4. The maximum atomic E-state index is 14.2. The summed E-state index contributed by atoms with van der Waals surface area (Å²) in [5, 5.41) is 2.83. The molecular weight excluding hydrogens is 572 g/mol. The number of halogens is 2. The Morgan fingerprint density at radius 2 is 1.59 bits per heavy atom. The average molecular weight is 606 g/mol. The van der Waals surface area contributed by atoms with Crippen LogP contribution in [-0.4, -0.2) is 81.8 Å². The van der Waals surface area contributed by atoms with Crippen LogP contribution in [0.25, 0.3) is 17.0 Å². The van der Waals surface area contributed by atoms with E-state index in [1.54, 1.807) is 24.3 Å². The fourth-order valence-electron chi connectivity index (χ4n) is 5.63. The third kappa shape index (κ3) is 6.30. The summed E-state index contributed by atoms with van der Waals surface area (Å²) in [6, 6.07) is 15.3. The molecule has 0 saturated carbocycles. The molecule has 3 N–H and O–H groups in total. The molecule has 12 nitrogen and oxygen atoms in total. The van der Waals surface area contributed by atoms with Gasteiger partial charge in [0.15, 0.2) is 5.82 Å². The third-order valence-corrected chi connectivity index (χ3v) is 7.89. The van der Waals surface area contributed by atoms with Gasteiger partial charge >= 0.3 is 0 Å². The van der Waals surface area contributed by atoms with Gasteiger partial charge in [0.05, 0.1) is 30.2 Å². The summed E-state index contributed by atoms with van der Waals surface area (Å²) >= 11 is 0. The normalized spacial score (nSPS) is 18.0. The van der Waals surface area contributed by atoms with E-state index in [4.69, 9.17) is 15.5 Å². The summed E-state index contributed by atoms with van der Waals surface area (Å²) in [7, 11) is 0. The topological polar surface area (TPSA) is 144 Å². The fraction of sp³-hybridized carbons (Fsp3) is 0.400. The van der Waals surface area contributed by atoms with Crippen molar-refractivity contribution < 1.29 is 23.1 Å². The van der Waals surface area contributed by atoms with E-state index in [0.29, 0.717) is 62.7 Å². The Kier molecular flexibility index (Phi) is 8.59. The number of anilines is 2. The molecule has 2 aromatic heterocycles. The molecule has 0 aliphatic carbocycles. The Morgan fingerprint density at radius 3 is 2.32 bits per heavy atom. The molecule has 4 aromatic rings. The lowest BCUT2D eigenvalue weighted by atomic mass is 9.96. The highest BCUT2D eigenvalue weighted by atomic mass is 19.3. The Morgan fingerprint density at radius 1 is 0.909 bits per heavy atom. The molecule has 2 aliphatic rings. The predicted molar refractivity (Wildman–Crippen MR) is 159 cm³/mol. The van der Waals surface area contributed by atoms with Crippen LogP contribution in [0.1, 0.15) is 30.7 Å². The number of fused-ring (bicyclic) bond motifs is 1. The second-order valence-electron chi connectivity index (χ2n) is 10.9. The Balaban J connectivity index is 1.30. The quantitative estimate of drug-likeness (QED) is 0.294. The van der Waals surface area contributed by atoms with E-state index in [9.17, 15) is 18.4 Å². The highest BCUT2D eigenvalue weighted by Gasteiger charge is 2.32. The largest absolute Gasteiger partial charge is 0.378 e. The number of nitrogens with one attached hydrogen (secondary N) is 1. The van der Waals surface area contributed by atoms with Crippen molar-refractivity contribution in [2.75, 3.05) is 49.2 Å². The monoisotopic (exact) mass is 605 g/mol. The predicted octanol–water partition coefficient (Wildman–Crippen LogP) is 2.41. The zero-order valence-electron chi connectivity index (χ0n) is 24.0. The average Bonchev–Trinajstić information content (AvgIpc) is 3.45. The fourth-order valence-corrected chi connectivity index (χ4v) is 5.63. The van der Waals surface area contributed by atoms with Crippen LogP contribution in [-0.2, 0) is 20.7 Å². The zero-order valence-corrected chi connectivity index (χ0v) is 24.0. The molecule has 4 heterocycles. The number of morpholine rings is 1. The zero-order chi connectivity index (χ0) is 30.6. The molecule has 0 bridgehead atoms. The number of piperidine rings is 1. The highest BCUT2D eigenvalue weighted by Crippen LogP contribution is 2.29. The number of aromatic nitrogens is 5. The number of ether oxygens (including phenoxy) is 1. The van der Waals surface area contributed by atoms with Crippen molar-refractivity contribution in [1.29, 1.82) is 0 Å². The Labute approximate surface area is 252 Å². The minimum Gasteiger partial charge on any atom is -0.378 e. The summed E-state index contributed by atoms with van der Waals surface area (Å²) in [5.41, 5.74) is 7.36. The molecule has 0 spiro atoms. The highest BCUT2D eigenvalue weighted by molar-refractivity contribution is 5.88. The van der Waals surface area contributed by atoms with Gasteiger partial charge in [-0.25, -0.2) is 13.8 Å². The first kappa shape index (κ1) is 29.4. The van der Waals surface area contributed by atoms with Crippen LogP contribution in [0.2, 0.25) is 0 Å². The molecule has 44 heavy (non-hydrogen) atoms. The SMILES string of the molecule is NC(=O)[C@H](Cc1ccccc1)NC(=O)[C@@H]1CCCN(c2nc(N3CCOCC3)nc(-n3c(C(F)F)nc4ccccc43)n2)C1. The van der Waals surface area contributed by atoms with E-state index in [-0.39, 0.29) is 30.8 Å². The molecule has 2 fully saturated rings. The number of hydrogen-bond acceptors (Lipinski definition) is 9. The molecule has 2 aromatic carbocycles. The number of para-hydroxylation sites is 2. The van der Waals surface area contributed by atoms with Crippen molar-refractivity contribution in [3.05, 3.63) is 66.0 Å². The van der Waals surface area contributed by atoms with Gasteiger partial charge in [-0.15, -0.1) is 0 Å². The van der Waals surface area contributed by atoms with Gasteiger partial charge < -0.3 is 25.6 Å². The van der Waals surface area contributed by atoms with Gasteiger partial charge in [0.1, 0.15) is 6.04 Å². The van der Waals surface area contributed by atoms with E-state index in [0.717, 1.165) is 5.56 Å². The van der Waals surface area contributed by atoms with Crippen LogP contribution in [0.5, 0.6) is 0 Å². The third-order valence-electron chi connectivity index (χ3n) is 7.89. The van der Waals surface area contributed by atoms with E-state index in [1.165, 1.54) is 4.57 Å². The molecule has 0 radical (unpaired) electrons. The van der Waals surface area contributed by atoms with Gasteiger partial charge in [0.25, 0.3) is 6.43 Å². The van der Waals surface area contributed by atoms with Crippen molar-refractivity contribution in [2.45, 2.75) is 31.7 Å². The van der Waals surface area contributed by atoms with Crippen molar-refractivity contribution >= 4 is 34.7 Å². The van der Waals surface area contributed by atoms with Gasteiger partial charge in [0, 0.05) is 32.6 Å². The molecule has 6 rings (SSSR count). The maximum Gasteiger partial charge on any atom is 0.296 e. The van der Waals surface area contributed by atoms with Crippen molar-refractivity contribution in [3.63, 3.8) is 0 Å². The molecule has 2 aliphatic heterocycles. The van der Waals surface area contributed by atoms with Crippen LogP contribution in [0.3, 0.4) is 0 Å². The molecule has 14 heteroatoms. The standard InChI is InChI=1S/C30H33F2N9O3/c31-24(32)26-34-21-10-4-5-11-23(21)41(26)30-37-28(39-13-15-44-16-14-39)36-29(38-30)40-12-6-9-20(18-40)27(43)35-22(25(33)42)17-19-7-2-1-3-8-19/h1-5,7-8,10-11,20,22,24H,6,9,12-18H2,(H2,33,42)(H,35,43)/t20-,22+/m1/s1. The van der Waals surface area contributed by atoms with E-state index >= 15 is 0 Å². The van der Waals surface area contributed by atoms with Crippen LogP contribution >= 0.6 is 0 Å². The lowest BCUT2D eigenvalue weighted by Crippen LogP contribution is -2.51. The number of benzene rings is 2. The minimum atomic E-state index is -2.87. The van der Waals surface area contributed by atoms with Gasteiger partial charge in [-0.1, -0.05) is 42.5 Å². The summed E-state index contributed by atoms with van der Waals surface area (Å²) in [4.78, 5) is 47.6. The summed E-state index contributed by atoms with van der Waals surface area (Å²) in [5.74, 6) is -1.24. The summed E-state index contributed by atoms with van der Waals surface area (Å²) in [6.45, 7) is 2.81. The number of nitrogens with two attached hydrogens (primary N) is 1. The molecular formula is C30H33F2N9O3. The van der Waals surface area contributed by atoms with Gasteiger partial charge in [-0.05, 0) is 30.5 Å². The van der Waals surface area contributed by atoms with Crippen LogP contribution < -0.4 is 20.9 Å². The lowest BCUT2D eigenvalue weighted by Gasteiger charge is -2.33. The number of carbonyl (C=O) groups is 2. The first-order valence-electron chi connectivity index (χ1n) is 14.6. The number of amides is 2. The van der Waals surface area contributed by atoms with Gasteiger partial charge in [-0.2, -0.15) is 15.0 Å². The minimum absolute atomic E-state index is 0.0173. The smallest absolute Gasteiger partial charge is 0.296 e. The van der Waals surface area contributed by atoms with Gasteiger partial charge in [-0.3, -0.25) is 14.2 Å². The molecule has 2 atom stereocenters. The number of hydrogen-bond donors (Lipinski definition) is 2. The maximum absolute atomic E-state index is 14.2. The van der Waals surface area contributed by atoms with Crippen LogP contribution in [0.4, 0.5) is 20.7 Å².